The number of ether oxygens (including phenoxy) is 1. The van der Waals surface area contributed by atoms with Crippen LogP contribution in [0.5, 0.6) is 0 Å². The molecular weight excluding hydrogens is 232 g/mol. The lowest BCUT2D eigenvalue weighted by atomic mass is 10.1. The highest BCUT2D eigenvalue weighted by molar-refractivity contribution is 7.11. The predicted molar refractivity (Wildman–Crippen MR) is 71.4 cm³/mol. The van der Waals surface area contributed by atoms with Crippen LogP contribution in [-0.2, 0) is 11.3 Å². The molecule has 1 aromatic heterocycles. The average molecular weight is 254 g/mol. The Balaban J connectivity index is 2.25. The Labute approximate surface area is 108 Å². The van der Waals surface area contributed by atoms with Gasteiger partial charge in [0.2, 0.25) is 0 Å². The molecule has 3 nitrogen and oxygen atoms in total. The molecule has 1 atom stereocenters. The number of methoxy groups -OCH3 is 1. The Bertz CT molecular complexity index is 371. The van der Waals surface area contributed by atoms with Crippen molar-refractivity contribution in [2.45, 2.75) is 45.3 Å². The molecule has 1 fully saturated rings. The average Bonchev–Trinajstić information content (AvgIpc) is 3.03. The first-order chi connectivity index (χ1) is 8.17. The molecule has 1 heterocycles. The van der Waals surface area contributed by atoms with Crippen molar-refractivity contribution in [2.75, 3.05) is 14.2 Å². The molecular formula is C13H22N2OS. The number of rotatable bonds is 6. The Kier molecular flexibility index (Phi) is 4.17. The zero-order valence-electron chi connectivity index (χ0n) is 11.1. The van der Waals surface area contributed by atoms with Crippen molar-refractivity contribution in [2.24, 2.45) is 5.92 Å². The Morgan fingerprint density at radius 1 is 1.47 bits per heavy atom. The zero-order chi connectivity index (χ0) is 12.4. The number of nitrogens with one attached hydrogen (secondary N) is 1. The second-order valence-electron chi connectivity index (χ2n) is 5.07. The molecule has 1 N–H and O–H groups in total. The van der Waals surface area contributed by atoms with Crippen LogP contribution in [-0.4, -0.2) is 19.1 Å². The quantitative estimate of drug-likeness (QED) is 0.847. The molecule has 0 aliphatic heterocycles. The minimum Gasteiger partial charge on any atom is -0.374 e. The molecule has 0 aromatic carbocycles. The van der Waals surface area contributed by atoms with Gasteiger partial charge in [0.25, 0.3) is 0 Å². The number of thiazole rings is 1. The van der Waals surface area contributed by atoms with E-state index in [2.05, 4.69) is 19.2 Å². The monoisotopic (exact) mass is 254 g/mol. The zero-order valence-corrected chi connectivity index (χ0v) is 11.9. The minimum absolute atomic E-state index is 0.142. The van der Waals surface area contributed by atoms with Crippen molar-refractivity contribution in [3.05, 3.63) is 15.6 Å². The fraction of sp³-hybridized carbons (Fsp3) is 0.769. The molecule has 0 radical (unpaired) electrons. The molecule has 0 amide bonds. The van der Waals surface area contributed by atoms with Crippen molar-refractivity contribution in [1.29, 1.82) is 0 Å². The maximum Gasteiger partial charge on any atom is 0.122 e. The molecule has 1 unspecified atom stereocenters. The maximum absolute atomic E-state index is 5.57. The maximum atomic E-state index is 5.57. The van der Waals surface area contributed by atoms with E-state index in [0.717, 1.165) is 11.6 Å². The topological polar surface area (TPSA) is 34.1 Å². The van der Waals surface area contributed by atoms with Crippen LogP contribution in [0.4, 0.5) is 0 Å². The molecule has 96 valence electrons. The first-order valence-corrected chi connectivity index (χ1v) is 7.15. The summed E-state index contributed by atoms with van der Waals surface area (Å²) >= 11 is 1.81. The summed E-state index contributed by atoms with van der Waals surface area (Å²) in [4.78, 5) is 6.23. The van der Waals surface area contributed by atoms with E-state index in [0.29, 0.717) is 11.8 Å². The van der Waals surface area contributed by atoms with Gasteiger partial charge in [0, 0.05) is 24.4 Å². The summed E-state index contributed by atoms with van der Waals surface area (Å²) in [5, 5.41) is 4.38. The van der Waals surface area contributed by atoms with Crippen LogP contribution >= 0.6 is 11.3 Å². The van der Waals surface area contributed by atoms with E-state index in [1.54, 1.807) is 7.11 Å². The highest BCUT2D eigenvalue weighted by Gasteiger charge is 2.31. The van der Waals surface area contributed by atoms with Gasteiger partial charge in [-0.1, -0.05) is 13.8 Å². The van der Waals surface area contributed by atoms with Gasteiger partial charge >= 0.3 is 0 Å². The smallest absolute Gasteiger partial charge is 0.122 e. The van der Waals surface area contributed by atoms with Gasteiger partial charge < -0.3 is 10.1 Å². The van der Waals surface area contributed by atoms with Gasteiger partial charge in [-0.15, -0.1) is 11.3 Å². The summed E-state index contributed by atoms with van der Waals surface area (Å²) in [6.45, 7) is 5.30. The molecule has 2 rings (SSSR count). The summed E-state index contributed by atoms with van der Waals surface area (Å²) in [6, 6.07) is 0. The van der Waals surface area contributed by atoms with Gasteiger partial charge in [0.05, 0.1) is 5.69 Å². The van der Waals surface area contributed by atoms with Crippen LogP contribution in [0.3, 0.4) is 0 Å². The molecule has 0 saturated heterocycles. The molecule has 1 saturated carbocycles. The van der Waals surface area contributed by atoms with Crippen molar-refractivity contribution in [3.63, 3.8) is 0 Å². The van der Waals surface area contributed by atoms with Crippen LogP contribution in [0.15, 0.2) is 0 Å². The summed E-state index contributed by atoms with van der Waals surface area (Å²) < 4.78 is 5.57. The third kappa shape index (κ3) is 2.87. The van der Waals surface area contributed by atoms with Crippen molar-refractivity contribution in [3.8, 4) is 0 Å². The van der Waals surface area contributed by atoms with Crippen LogP contribution in [0.1, 0.15) is 54.3 Å². The number of aromatic nitrogens is 1. The van der Waals surface area contributed by atoms with Crippen molar-refractivity contribution < 1.29 is 4.74 Å². The normalized spacial score (nSPS) is 17.7. The fourth-order valence-electron chi connectivity index (χ4n) is 2.13. The van der Waals surface area contributed by atoms with Crippen molar-refractivity contribution >= 4 is 11.3 Å². The first kappa shape index (κ1) is 13.0. The summed E-state index contributed by atoms with van der Waals surface area (Å²) in [5.41, 5.74) is 1.32. The molecule has 0 bridgehead atoms. The van der Waals surface area contributed by atoms with Gasteiger partial charge in [0.1, 0.15) is 11.1 Å². The van der Waals surface area contributed by atoms with Gasteiger partial charge in [-0.2, -0.15) is 0 Å². The Morgan fingerprint density at radius 2 is 2.18 bits per heavy atom. The number of nitrogens with zero attached hydrogens (tertiary/aromatic N) is 1. The van der Waals surface area contributed by atoms with Gasteiger partial charge in [-0.3, -0.25) is 0 Å². The highest BCUT2D eigenvalue weighted by atomic mass is 32.1. The Morgan fingerprint density at radius 3 is 2.65 bits per heavy atom. The highest BCUT2D eigenvalue weighted by Crippen LogP contribution is 2.44. The molecule has 1 aromatic rings. The summed E-state index contributed by atoms with van der Waals surface area (Å²) in [6.07, 6.45) is 2.75. The van der Waals surface area contributed by atoms with E-state index in [4.69, 9.17) is 9.72 Å². The van der Waals surface area contributed by atoms with E-state index in [1.165, 1.54) is 23.4 Å². The standard InChI is InChI=1S/C13H22N2OS/c1-8(2)12(16-4)13-15-11(9-5-6-9)10(17-13)7-14-3/h8-9,12,14H,5-7H2,1-4H3. The first-order valence-electron chi connectivity index (χ1n) is 6.34. The summed E-state index contributed by atoms with van der Waals surface area (Å²) in [5.74, 6) is 1.19. The Hall–Kier alpha value is -0.450. The van der Waals surface area contributed by atoms with Crippen LogP contribution in [0.25, 0.3) is 0 Å². The van der Waals surface area contributed by atoms with E-state index in [-0.39, 0.29) is 6.10 Å². The molecule has 17 heavy (non-hydrogen) atoms. The van der Waals surface area contributed by atoms with Gasteiger partial charge in [0.15, 0.2) is 0 Å². The largest absolute Gasteiger partial charge is 0.374 e. The van der Waals surface area contributed by atoms with Gasteiger partial charge in [-0.05, 0) is 25.8 Å². The molecule has 4 heteroatoms. The third-order valence-electron chi connectivity index (χ3n) is 3.15. The van der Waals surface area contributed by atoms with Crippen LogP contribution in [0.2, 0.25) is 0 Å². The number of hydrogen-bond acceptors (Lipinski definition) is 4. The SMILES string of the molecule is CNCc1sc(C(OC)C(C)C)nc1C1CC1. The number of hydrogen-bond donors (Lipinski definition) is 1. The van der Waals surface area contributed by atoms with Crippen LogP contribution in [0, 0.1) is 5.92 Å². The fourth-order valence-corrected chi connectivity index (χ4v) is 3.54. The second-order valence-corrected chi connectivity index (χ2v) is 6.18. The molecule has 0 spiro atoms. The van der Waals surface area contributed by atoms with Gasteiger partial charge in [-0.25, -0.2) is 4.98 Å². The molecule has 1 aliphatic rings. The van der Waals surface area contributed by atoms with E-state index < -0.39 is 0 Å². The minimum atomic E-state index is 0.142. The predicted octanol–water partition coefficient (Wildman–Crippen LogP) is 3.08. The third-order valence-corrected chi connectivity index (χ3v) is 4.28. The lowest BCUT2D eigenvalue weighted by Crippen LogP contribution is -2.08. The second kappa shape index (κ2) is 5.46. The van der Waals surface area contributed by atoms with E-state index in [1.807, 2.05) is 18.4 Å². The molecule has 1 aliphatic carbocycles. The van der Waals surface area contributed by atoms with Crippen LogP contribution < -0.4 is 5.32 Å². The van der Waals surface area contributed by atoms with E-state index in [9.17, 15) is 0 Å². The van der Waals surface area contributed by atoms with Crippen molar-refractivity contribution in [1.82, 2.24) is 10.3 Å². The lowest BCUT2D eigenvalue weighted by Gasteiger charge is -2.16. The lowest BCUT2D eigenvalue weighted by molar-refractivity contribution is 0.0643. The van der Waals surface area contributed by atoms with E-state index >= 15 is 0 Å². The summed E-state index contributed by atoms with van der Waals surface area (Å²) in [7, 11) is 3.77.